The Morgan fingerprint density at radius 3 is 2.56 bits per heavy atom. The largest absolute Gasteiger partial charge is 0.357 e. The summed E-state index contributed by atoms with van der Waals surface area (Å²) in [5.74, 6) is 0.601. The number of rotatable bonds is 9. The number of amides is 1. The van der Waals surface area contributed by atoms with Crippen LogP contribution in [0.3, 0.4) is 0 Å². The number of aromatic nitrogens is 2. The second kappa shape index (κ2) is 13.1. The molecule has 27 heavy (non-hydrogen) atoms. The Morgan fingerprint density at radius 2 is 1.89 bits per heavy atom. The van der Waals surface area contributed by atoms with E-state index in [2.05, 4.69) is 38.2 Å². The van der Waals surface area contributed by atoms with Gasteiger partial charge in [-0.1, -0.05) is 31.2 Å². The molecule has 2 aromatic rings. The van der Waals surface area contributed by atoms with Gasteiger partial charge in [0.2, 0.25) is 5.91 Å². The second-order valence-corrected chi connectivity index (χ2v) is 5.87. The molecular weight excluding hydrogens is 455 g/mol. The molecule has 0 fully saturated rings. The highest BCUT2D eigenvalue weighted by Gasteiger charge is 2.05. The number of guanidine groups is 1. The van der Waals surface area contributed by atoms with E-state index in [0.29, 0.717) is 25.6 Å². The molecule has 0 aliphatic carbocycles. The molecular formula is C19H29IN6O. The third kappa shape index (κ3) is 8.42. The van der Waals surface area contributed by atoms with Crippen molar-refractivity contribution in [2.45, 2.75) is 33.4 Å². The zero-order valence-corrected chi connectivity index (χ0v) is 18.3. The van der Waals surface area contributed by atoms with Crippen LogP contribution in [0.4, 0.5) is 0 Å². The van der Waals surface area contributed by atoms with Gasteiger partial charge in [0.05, 0.1) is 19.6 Å². The zero-order chi connectivity index (χ0) is 18.6. The van der Waals surface area contributed by atoms with Crippen LogP contribution < -0.4 is 16.0 Å². The van der Waals surface area contributed by atoms with Gasteiger partial charge in [-0.2, -0.15) is 5.10 Å². The molecule has 7 nitrogen and oxygen atoms in total. The van der Waals surface area contributed by atoms with Gasteiger partial charge >= 0.3 is 0 Å². The van der Waals surface area contributed by atoms with Crippen LogP contribution in [0.15, 0.2) is 47.7 Å². The smallest absolute Gasteiger partial charge is 0.239 e. The SMILES string of the molecule is CCCNC(=O)CNC(=NCc1ccccc1Cn1cccn1)NCC.I. The number of nitrogens with zero attached hydrogens (tertiary/aromatic N) is 3. The lowest BCUT2D eigenvalue weighted by atomic mass is 10.1. The average molecular weight is 484 g/mol. The summed E-state index contributed by atoms with van der Waals surface area (Å²) in [7, 11) is 0. The number of benzene rings is 1. The van der Waals surface area contributed by atoms with E-state index in [-0.39, 0.29) is 36.4 Å². The fourth-order valence-electron chi connectivity index (χ4n) is 2.43. The highest BCUT2D eigenvalue weighted by Crippen LogP contribution is 2.11. The monoisotopic (exact) mass is 484 g/mol. The van der Waals surface area contributed by atoms with Gasteiger partial charge in [-0.25, -0.2) is 4.99 Å². The Kier molecular flexibility index (Phi) is 11.2. The fraction of sp³-hybridized carbons (Fsp3) is 0.421. The van der Waals surface area contributed by atoms with Crippen LogP contribution in [0.5, 0.6) is 0 Å². The van der Waals surface area contributed by atoms with E-state index in [0.717, 1.165) is 18.5 Å². The molecule has 0 spiro atoms. The highest BCUT2D eigenvalue weighted by molar-refractivity contribution is 14.0. The zero-order valence-electron chi connectivity index (χ0n) is 15.9. The number of hydrogen-bond donors (Lipinski definition) is 3. The Balaban J connectivity index is 0.00000364. The number of carbonyl (C=O) groups excluding carboxylic acids is 1. The molecule has 0 atom stereocenters. The van der Waals surface area contributed by atoms with E-state index in [1.54, 1.807) is 6.20 Å². The van der Waals surface area contributed by atoms with Crippen molar-refractivity contribution in [1.29, 1.82) is 0 Å². The minimum atomic E-state index is -0.0310. The molecule has 0 aliphatic heterocycles. The van der Waals surface area contributed by atoms with Crippen LogP contribution in [0.1, 0.15) is 31.4 Å². The van der Waals surface area contributed by atoms with E-state index >= 15 is 0 Å². The molecule has 0 saturated heterocycles. The second-order valence-electron chi connectivity index (χ2n) is 5.87. The number of aliphatic imine (C=N–C) groups is 1. The van der Waals surface area contributed by atoms with Crippen molar-refractivity contribution in [3.8, 4) is 0 Å². The van der Waals surface area contributed by atoms with E-state index < -0.39 is 0 Å². The van der Waals surface area contributed by atoms with Gasteiger partial charge in [-0.05, 0) is 30.5 Å². The molecule has 1 amide bonds. The predicted molar refractivity (Wildman–Crippen MR) is 119 cm³/mol. The lowest BCUT2D eigenvalue weighted by Crippen LogP contribution is -2.43. The summed E-state index contributed by atoms with van der Waals surface area (Å²) in [5, 5.41) is 13.4. The summed E-state index contributed by atoms with van der Waals surface area (Å²) in [5.41, 5.74) is 2.31. The molecule has 1 aromatic carbocycles. The van der Waals surface area contributed by atoms with Gasteiger partial charge in [0, 0.05) is 25.5 Å². The first-order chi connectivity index (χ1) is 12.7. The van der Waals surface area contributed by atoms with Gasteiger partial charge in [-0.3, -0.25) is 9.48 Å². The molecule has 3 N–H and O–H groups in total. The van der Waals surface area contributed by atoms with Gasteiger partial charge in [0.15, 0.2) is 5.96 Å². The van der Waals surface area contributed by atoms with Gasteiger partial charge in [-0.15, -0.1) is 24.0 Å². The third-order valence-electron chi connectivity index (χ3n) is 3.75. The van der Waals surface area contributed by atoms with Crippen molar-refractivity contribution >= 4 is 35.8 Å². The molecule has 1 aromatic heterocycles. The van der Waals surface area contributed by atoms with Gasteiger partial charge in [0.1, 0.15) is 0 Å². The summed E-state index contributed by atoms with van der Waals surface area (Å²) < 4.78 is 1.89. The number of hydrogen-bond acceptors (Lipinski definition) is 3. The van der Waals surface area contributed by atoms with E-state index in [1.165, 1.54) is 5.56 Å². The summed E-state index contributed by atoms with van der Waals surface area (Å²) in [6, 6.07) is 10.1. The molecule has 2 rings (SSSR count). The van der Waals surface area contributed by atoms with Crippen molar-refractivity contribution < 1.29 is 4.79 Å². The fourth-order valence-corrected chi connectivity index (χ4v) is 2.43. The first kappa shape index (κ1) is 22.9. The first-order valence-corrected chi connectivity index (χ1v) is 9.06. The molecule has 148 valence electrons. The summed E-state index contributed by atoms with van der Waals surface area (Å²) in [6.45, 7) is 6.90. The van der Waals surface area contributed by atoms with Gasteiger partial charge in [0.25, 0.3) is 0 Å². The lowest BCUT2D eigenvalue weighted by Gasteiger charge is -2.12. The lowest BCUT2D eigenvalue weighted by molar-refractivity contribution is -0.120. The topological polar surface area (TPSA) is 83.3 Å². The molecule has 0 saturated carbocycles. The summed E-state index contributed by atoms with van der Waals surface area (Å²) in [4.78, 5) is 16.4. The van der Waals surface area contributed by atoms with Crippen molar-refractivity contribution in [2.24, 2.45) is 4.99 Å². The van der Waals surface area contributed by atoms with Crippen LogP contribution in [-0.2, 0) is 17.9 Å². The maximum Gasteiger partial charge on any atom is 0.239 e. The minimum Gasteiger partial charge on any atom is -0.357 e. The van der Waals surface area contributed by atoms with E-state index in [1.807, 2.05) is 42.9 Å². The Hall–Kier alpha value is -2.10. The van der Waals surface area contributed by atoms with E-state index in [9.17, 15) is 4.79 Å². The van der Waals surface area contributed by atoms with Gasteiger partial charge < -0.3 is 16.0 Å². The molecule has 0 bridgehead atoms. The standard InChI is InChI=1S/C19H28N6O.HI/c1-3-10-21-18(26)14-23-19(20-4-2)22-13-16-8-5-6-9-17(16)15-25-12-7-11-24-25;/h5-9,11-12H,3-4,10,13-15H2,1-2H3,(H,21,26)(H2,20,22,23);1H. The van der Waals surface area contributed by atoms with Crippen LogP contribution in [0.25, 0.3) is 0 Å². The molecule has 0 radical (unpaired) electrons. The van der Waals surface area contributed by atoms with Crippen molar-refractivity contribution in [1.82, 2.24) is 25.7 Å². The van der Waals surface area contributed by atoms with Crippen molar-refractivity contribution in [2.75, 3.05) is 19.6 Å². The van der Waals surface area contributed by atoms with Crippen LogP contribution >= 0.6 is 24.0 Å². The predicted octanol–water partition coefficient (Wildman–Crippen LogP) is 2.13. The number of halogens is 1. The number of carbonyl (C=O) groups is 1. The quantitative estimate of drug-likeness (QED) is 0.290. The summed E-state index contributed by atoms with van der Waals surface area (Å²) in [6.07, 6.45) is 4.64. The average Bonchev–Trinajstić information content (AvgIpc) is 3.16. The first-order valence-electron chi connectivity index (χ1n) is 9.06. The van der Waals surface area contributed by atoms with Crippen LogP contribution in [0, 0.1) is 0 Å². The molecule has 1 heterocycles. The van der Waals surface area contributed by atoms with Crippen LogP contribution in [0.2, 0.25) is 0 Å². The summed E-state index contributed by atoms with van der Waals surface area (Å²) >= 11 is 0. The van der Waals surface area contributed by atoms with Crippen LogP contribution in [-0.4, -0.2) is 41.3 Å². The molecule has 0 unspecified atom stereocenters. The maximum atomic E-state index is 11.8. The Morgan fingerprint density at radius 1 is 1.11 bits per heavy atom. The molecule has 8 heteroatoms. The molecule has 0 aliphatic rings. The number of nitrogens with one attached hydrogen (secondary N) is 3. The normalized spacial score (nSPS) is 10.8. The Bertz CT molecular complexity index is 702. The van der Waals surface area contributed by atoms with Crippen molar-refractivity contribution in [3.05, 3.63) is 53.9 Å². The van der Waals surface area contributed by atoms with Crippen molar-refractivity contribution in [3.63, 3.8) is 0 Å². The highest BCUT2D eigenvalue weighted by atomic mass is 127. The maximum absolute atomic E-state index is 11.8. The van der Waals surface area contributed by atoms with E-state index in [4.69, 9.17) is 0 Å². The Labute approximate surface area is 178 Å². The minimum absolute atomic E-state index is 0. The third-order valence-corrected chi connectivity index (χ3v) is 3.75.